The molecule has 0 spiro atoms. The summed E-state index contributed by atoms with van der Waals surface area (Å²) in [4.78, 5) is 0. The molecule has 0 aliphatic heterocycles. The van der Waals surface area contributed by atoms with Gasteiger partial charge in [0.15, 0.2) is 23.0 Å². The number of halogens is 1. The molecule has 0 radical (unpaired) electrons. The lowest BCUT2D eigenvalue weighted by atomic mass is 10.1. The van der Waals surface area contributed by atoms with Gasteiger partial charge in [0.05, 0.1) is 27.4 Å². The molecule has 0 aliphatic rings. The second kappa shape index (κ2) is 11.7. The maximum absolute atomic E-state index is 6.44. The van der Waals surface area contributed by atoms with Gasteiger partial charge in [-0.3, -0.25) is 0 Å². The third-order valence-electron chi connectivity index (χ3n) is 4.23. The van der Waals surface area contributed by atoms with E-state index in [1.54, 1.807) is 14.2 Å². The van der Waals surface area contributed by atoms with Gasteiger partial charge >= 0.3 is 0 Å². The molecule has 0 atom stereocenters. The van der Waals surface area contributed by atoms with Crippen molar-refractivity contribution in [3.05, 3.63) is 46.5 Å². The molecule has 2 aromatic rings. The monoisotopic (exact) mass is 407 g/mol. The van der Waals surface area contributed by atoms with Gasteiger partial charge in [-0.05, 0) is 55.6 Å². The Labute approximate surface area is 172 Å². The number of methoxy groups -OCH3 is 2. The Morgan fingerprint density at radius 2 is 1.64 bits per heavy atom. The Morgan fingerprint density at radius 3 is 2.32 bits per heavy atom. The molecule has 0 fully saturated rings. The van der Waals surface area contributed by atoms with Crippen LogP contribution in [0.2, 0.25) is 5.02 Å². The number of benzene rings is 2. The van der Waals surface area contributed by atoms with Crippen molar-refractivity contribution in [3.63, 3.8) is 0 Å². The summed E-state index contributed by atoms with van der Waals surface area (Å²) >= 11 is 6.44. The first kappa shape index (κ1) is 22.2. The summed E-state index contributed by atoms with van der Waals surface area (Å²) in [7, 11) is 3.28. The van der Waals surface area contributed by atoms with Crippen molar-refractivity contribution in [1.82, 2.24) is 5.32 Å². The number of hydrogen-bond acceptors (Lipinski definition) is 5. The molecule has 154 valence electrons. The zero-order chi connectivity index (χ0) is 20.4. The SMILES string of the molecule is CCCOc1cc(Cl)c(CNCCc2ccc(OC)c(OC)c2)cc1OCC. The Hall–Kier alpha value is -2.11. The van der Waals surface area contributed by atoms with Crippen molar-refractivity contribution in [3.8, 4) is 23.0 Å². The van der Waals surface area contributed by atoms with E-state index in [1.165, 1.54) is 5.56 Å². The van der Waals surface area contributed by atoms with Crippen molar-refractivity contribution >= 4 is 11.6 Å². The van der Waals surface area contributed by atoms with Crippen LogP contribution in [-0.2, 0) is 13.0 Å². The molecule has 0 saturated heterocycles. The van der Waals surface area contributed by atoms with Crippen molar-refractivity contribution in [2.75, 3.05) is 34.0 Å². The highest BCUT2D eigenvalue weighted by atomic mass is 35.5. The summed E-state index contributed by atoms with van der Waals surface area (Å²) in [5.41, 5.74) is 2.16. The Morgan fingerprint density at radius 1 is 0.893 bits per heavy atom. The van der Waals surface area contributed by atoms with E-state index in [2.05, 4.69) is 12.2 Å². The molecule has 0 unspecified atom stereocenters. The third-order valence-corrected chi connectivity index (χ3v) is 4.58. The minimum absolute atomic E-state index is 0.580. The van der Waals surface area contributed by atoms with Crippen LogP contribution in [0.1, 0.15) is 31.4 Å². The number of ether oxygens (including phenoxy) is 4. The number of rotatable bonds is 12. The van der Waals surface area contributed by atoms with Crippen molar-refractivity contribution in [2.45, 2.75) is 33.2 Å². The van der Waals surface area contributed by atoms with E-state index in [4.69, 9.17) is 30.5 Å². The average Bonchev–Trinajstić information content (AvgIpc) is 2.71. The number of hydrogen-bond donors (Lipinski definition) is 1. The highest BCUT2D eigenvalue weighted by Crippen LogP contribution is 2.34. The average molecular weight is 408 g/mol. The van der Waals surface area contributed by atoms with Gasteiger partial charge in [0.25, 0.3) is 0 Å². The lowest BCUT2D eigenvalue weighted by molar-refractivity contribution is 0.276. The predicted molar refractivity (Wildman–Crippen MR) is 113 cm³/mol. The maximum atomic E-state index is 6.44. The fourth-order valence-corrected chi connectivity index (χ4v) is 3.02. The molecule has 0 aliphatic carbocycles. The van der Waals surface area contributed by atoms with Crippen LogP contribution < -0.4 is 24.3 Å². The molecule has 28 heavy (non-hydrogen) atoms. The summed E-state index contributed by atoms with van der Waals surface area (Å²) in [5.74, 6) is 2.91. The van der Waals surface area contributed by atoms with Gasteiger partial charge in [-0.25, -0.2) is 0 Å². The Bertz CT molecular complexity index is 752. The molecule has 0 saturated carbocycles. The van der Waals surface area contributed by atoms with Crippen LogP contribution >= 0.6 is 11.6 Å². The van der Waals surface area contributed by atoms with Crippen LogP contribution in [0, 0.1) is 0 Å². The van der Waals surface area contributed by atoms with E-state index in [0.29, 0.717) is 30.5 Å². The first-order valence-corrected chi connectivity index (χ1v) is 10.00. The fourth-order valence-electron chi connectivity index (χ4n) is 2.80. The Kier molecular flexibility index (Phi) is 9.24. The first-order chi connectivity index (χ1) is 13.6. The molecular formula is C22H30ClNO4. The van der Waals surface area contributed by atoms with Crippen molar-refractivity contribution in [2.24, 2.45) is 0 Å². The van der Waals surface area contributed by atoms with E-state index >= 15 is 0 Å². The molecule has 0 aromatic heterocycles. The fraction of sp³-hybridized carbons (Fsp3) is 0.455. The van der Waals surface area contributed by atoms with E-state index in [-0.39, 0.29) is 0 Å². The van der Waals surface area contributed by atoms with Gasteiger partial charge < -0.3 is 24.3 Å². The van der Waals surface area contributed by atoms with E-state index in [1.807, 2.05) is 37.3 Å². The molecule has 0 heterocycles. The highest BCUT2D eigenvalue weighted by molar-refractivity contribution is 6.31. The van der Waals surface area contributed by atoms with Crippen LogP contribution in [0.4, 0.5) is 0 Å². The van der Waals surface area contributed by atoms with Gasteiger partial charge in [0, 0.05) is 17.6 Å². The van der Waals surface area contributed by atoms with E-state index in [9.17, 15) is 0 Å². The molecule has 0 amide bonds. The topological polar surface area (TPSA) is 49.0 Å². The quantitative estimate of drug-likeness (QED) is 0.508. The van der Waals surface area contributed by atoms with E-state index in [0.717, 1.165) is 42.2 Å². The standard InChI is InChI=1S/C22H30ClNO4/c1-5-11-28-22-14-18(23)17(13-21(22)27-6-2)15-24-10-9-16-7-8-19(25-3)20(12-16)26-4/h7-8,12-14,24H,5-6,9-11,15H2,1-4H3. The minimum Gasteiger partial charge on any atom is -0.493 e. The van der Waals surface area contributed by atoms with Gasteiger partial charge in [0.1, 0.15) is 0 Å². The third kappa shape index (κ3) is 6.21. The van der Waals surface area contributed by atoms with Crippen LogP contribution in [0.3, 0.4) is 0 Å². The zero-order valence-electron chi connectivity index (χ0n) is 17.1. The summed E-state index contributed by atoms with van der Waals surface area (Å²) < 4.78 is 22.1. The smallest absolute Gasteiger partial charge is 0.162 e. The van der Waals surface area contributed by atoms with Crippen LogP contribution in [0.25, 0.3) is 0 Å². The molecule has 0 bridgehead atoms. The van der Waals surface area contributed by atoms with Crippen LogP contribution in [0.5, 0.6) is 23.0 Å². The predicted octanol–water partition coefficient (Wildman–Crippen LogP) is 4.88. The van der Waals surface area contributed by atoms with Crippen molar-refractivity contribution < 1.29 is 18.9 Å². The second-order valence-electron chi connectivity index (χ2n) is 6.29. The molecule has 5 nitrogen and oxygen atoms in total. The normalized spacial score (nSPS) is 10.6. The lowest BCUT2D eigenvalue weighted by Crippen LogP contribution is -2.17. The molecule has 1 N–H and O–H groups in total. The molecule has 6 heteroatoms. The van der Waals surface area contributed by atoms with Gasteiger partial charge in [-0.15, -0.1) is 0 Å². The van der Waals surface area contributed by atoms with Crippen molar-refractivity contribution in [1.29, 1.82) is 0 Å². The van der Waals surface area contributed by atoms with Gasteiger partial charge in [-0.2, -0.15) is 0 Å². The van der Waals surface area contributed by atoms with Gasteiger partial charge in [0.2, 0.25) is 0 Å². The van der Waals surface area contributed by atoms with Crippen LogP contribution in [-0.4, -0.2) is 34.0 Å². The molecule has 2 aromatic carbocycles. The largest absolute Gasteiger partial charge is 0.493 e. The van der Waals surface area contributed by atoms with E-state index < -0.39 is 0 Å². The molecular weight excluding hydrogens is 378 g/mol. The zero-order valence-corrected chi connectivity index (χ0v) is 17.9. The first-order valence-electron chi connectivity index (χ1n) is 9.62. The summed E-state index contributed by atoms with van der Waals surface area (Å²) in [5, 5.41) is 4.11. The summed E-state index contributed by atoms with van der Waals surface area (Å²) in [6.07, 6.45) is 1.80. The highest BCUT2D eigenvalue weighted by Gasteiger charge is 2.11. The minimum atomic E-state index is 0.580. The summed E-state index contributed by atoms with van der Waals surface area (Å²) in [6.45, 7) is 6.71. The summed E-state index contributed by atoms with van der Waals surface area (Å²) in [6, 6.07) is 9.77. The maximum Gasteiger partial charge on any atom is 0.162 e. The van der Waals surface area contributed by atoms with Crippen LogP contribution in [0.15, 0.2) is 30.3 Å². The molecule has 2 rings (SSSR count). The Balaban J connectivity index is 1.96. The lowest BCUT2D eigenvalue weighted by Gasteiger charge is -2.15. The van der Waals surface area contributed by atoms with Gasteiger partial charge in [-0.1, -0.05) is 24.6 Å². The second-order valence-corrected chi connectivity index (χ2v) is 6.70. The number of nitrogens with one attached hydrogen (secondary N) is 1.